The van der Waals surface area contributed by atoms with Gasteiger partial charge in [-0.05, 0) is 32.9 Å². The first-order valence-corrected chi connectivity index (χ1v) is 7.67. The number of anilines is 1. The minimum atomic E-state index is -0.218. The lowest BCUT2D eigenvalue weighted by Crippen LogP contribution is -2.48. The zero-order chi connectivity index (χ0) is 16.6. The highest BCUT2D eigenvalue weighted by Crippen LogP contribution is 2.13. The van der Waals surface area contributed by atoms with Crippen LogP contribution in [0.1, 0.15) is 20.8 Å². The maximum absolute atomic E-state index is 5.40. The fraction of sp³-hybridized carbons (Fsp3) is 0.588. The maximum atomic E-state index is 5.40. The zero-order valence-corrected chi connectivity index (χ0v) is 17.4. The molecule has 0 saturated heterocycles. The first-order chi connectivity index (χ1) is 10.4. The van der Waals surface area contributed by atoms with Crippen LogP contribution in [0.4, 0.5) is 5.69 Å². The van der Waals surface area contributed by atoms with E-state index in [2.05, 4.69) is 58.8 Å². The second-order valence-corrected chi connectivity index (χ2v) is 6.07. The summed E-state index contributed by atoms with van der Waals surface area (Å²) in [6, 6.07) is 10.7. The van der Waals surface area contributed by atoms with E-state index in [1.54, 1.807) is 14.2 Å². The predicted octanol–water partition coefficient (Wildman–Crippen LogP) is 2.72. The SMILES string of the molecule is CN=C(NCC(C)N(C)c1ccccc1)NCC(C)(C)OC.I. The number of para-hydroxylation sites is 1. The summed E-state index contributed by atoms with van der Waals surface area (Å²) in [5.74, 6) is 0.790. The molecule has 1 aromatic rings. The molecule has 0 aliphatic heterocycles. The number of hydrogen-bond acceptors (Lipinski definition) is 3. The number of ether oxygens (including phenoxy) is 1. The average Bonchev–Trinajstić information content (AvgIpc) is 2.54. The molecule has 23 heavy (non-hydrogen) atoms. The molecule has 0 heterocycles. The summed E-state index contributed by atoms with van der Waals surface area (Å²) in [4.78, 5) is 6.50. The van der Waals surface area contributed by atoms with E-state index in [0.717, 1.165) is 12.5 Å². The van der Waals surface area contributed by atoms with Gasteiger partial charge in [0.25, 0.3) is 0 Å². The molecule has 0 bridgehead atoms. The number of nitrogens with zero attached hydrogens (tertiary/aromatic N) is 2. The molecular weight excluding hydrogens is 403 g/mol. The Bertz CT molecular complexity index is 465. The van der Waals surface area contributed by atoms with E-state index in [1.165, 1.54) is 5.69 Å². The van der Waals surface area contributed by atoms with Crippen LogP contribution in [0.3, 0.4) is 0 Å². The lowest BCUT2D eigenvalue weighted by molar-refractivity contribution is 0.0268. The van der Waals surface area contributed by atoms with Gasteiger partial charge in [-0.15, -0.1) is 24.0 Å². The third kappa shape index (κ3) is 7.87. The van der Waals surface area contributed by atoms with Gasteiger partial charge < -0.3 is 20.3 Å². The highest BCUT2D eigenvalue weighted by molar-refractivity contribution is 14.0. The smallest absolute Gasteiger partial charge is 0.191 e. The number of halogens is 1. The number of methoxy groups -OCH3 is 1. The summed E-state index contributed by atoms with van der Waals surface area (Å²) in [5.41, 5.74) is 0.990. The Morgan fingerprint density at radius 3 is 2.39 bits per heavy atom. The van der Waals surface area contributed by atoms with Gasteiger partial charge in [0.15, 0.2) is 5.96 Å². The van der Waals surface area contributed by atoms with E-state index >= 15 is 0 Å². The van der Waals surface area contributed by atoms with E-state index in [1.807, 2.05) is 19.9 Å². The Balaban J connectivity index is 0.00000484. The van der Waals surface area contributed by atoms with Crippen LogP contribution in [0.25, 0.3) is 0 Å². The standard InChI is InChI=1S/C17H30N4O.HI/c1-14(21(5)15-10-8-7-9-11-15)12-19-16(18-4)20-13-17(2,3)22-6;/h7-11,14H,12-13H2,1-6H3,(H2,18,19,20);1H. The van der Waals surface area contributed by atoms with Crippen LogP contribution in [0.15, 0.2) is 35.3 Å². The molecule has 2 N–H and O–H groups in total. The average molecular weight is 434 g/mol. The van der Waals surface area contributed by atoms with Crippen LogP contribution in [-0.2, 0) is 4.74 Å². The molecule has 6 heteroatoms. The predicted molar refractivity (Wildman–Crippen MR) is 110 cm³/mol. The summed E-state index contributed by atoms with van der Waals surface area (Å²) in [7, 11) is 5.60. The van der Waals surface area contributed by atoms with Crippen molar-refractivity contribution in [3.63, 3.8) is 0 Å². The molecule has 0 spiro atoms. The first kappa shape index (κ1) is 22.0. The summed E-state index contributed by atoms with van der Waals surface area (Å²) >= 11 is 0. The second-order valence-electron chi connectivity index (χ2n) is 6.07. The van der Waals surface area contributed by atoms with Crippen LogP contribution >= 0.6 is 24.0 Å². The molecule has 0 aromatic heterocycles. The van der Waals surface area contributed by atoms with Crippen molar-refractivity contribution >= 4 is 35.6 Å². The minimum absolute atomic E-state index is 0. The van der Waals surface area contributed by atoms with Gasteiger partial charge in [-0.3, -0.25) is 4.99 Å². The molecule has 0 saturated carbocycles. The van der Waals surface area contributed by atoms with E-state index in [9.17, 15) is 0 Å². The summed E-state index contributed by atoms with van der Waals surface area (Å²) in [6.07, 6.45) is 0. The van der Waals surface area contributed by atoms with Gasteiger partial charge in [-0.2, -0.15) is 0 Å². The fourth-order valence-electron chi connectivity index (χ4n) is 1.89. The molecule has 0 amide bonds. The zero-order valence-electron chi connectivity index (χ0n) is 15.1. The van der Waals surface area contributed by atoms with Crippen molar-refractivity contribution in [1.82, 2.24) is 10.6 Å². The lowest BCUT2D eigenvalue weighted by atomic mass is 10.1. The molecule has 5 nitrogen and oxygen atoms in total. The van der Waals surface area contributed by atoms with Gasteiger partial charge in [0.1, 0.15) is 0 Å². The molecular formula is C17H31IN4O. The van der Waals surface area contributed by atoms with Crippen LogP contribution in [0, 0.1) is 0 Å². The molecule has 1 aromatic carbocycles. The molecule has 0 radical (unpaired) electrons. The lowest BCUT2D eigenvalue weighted by Gasteiger charge is -2.29. The van der Waals surface area contributed by atoms with Crippen LogP contribution < -0.4 is 15.5 Å². The Kier molecular flexibility index (Phi) is 10.2. The van der Waals surface area contributed by atoms with Gasteiger partial charge in [0.2, 0.25) is 0 Å². The summed E-state index contributed by atoms with van der Waals surface area (Å²) in [6.45, 7) is 7.77. The Morgan fingerprint density at radius 2 is 1.87 bits per heavy atom. The minimum Gasteiger partial charge on any atom is -0.377 e. The van der Waals surface area contributed by atoms with Crippen LogP contribution in [0.5, 0.6) is 0 Å². The van der Waals surface area contributed by atoms with Crippen LogP contribution in [0.2, 0.25) is 0 Å². The highest BCUT2D eigenvalue weighted by Gasteiger charge is 2.17. The van der Waals surface area contributed by atoms with Crippen molar-refractivity contribution in [2.24, 2.45) is 4.99 Å². The van der Waals surface area contributed by atoms with E-state index in [4.69, 9.17) is 4.74 Å². The number of guanidine groups is 1. The van der Waals surface area contributed by atoms with Gasteiger partial charge in [0.05, 0.1) is 5.60 Å². The molecule has 132 valence electrons. The fourth-order valence-corrected chi connectivity index (χ4v) is 1.89. The third-order valence-corrected chi connectivity index (χ3v) is 3.85. The van der Waals surface area contributed by atoms with Crippen molar-refractivity contribution in [1.29, 1.82) is 0 Å². The molecule has 0 aliphatic carbocycles. The Labute approximate surface area is 157 Å². The number of aliphatic imine (C=N–C) groups is 1. The number of benzene rings is 1. The van der Waals surface area contributed by atoms with E-state index in [0.29, 0.717) is 12.6 Å². The number of likely N-dealkylation sites (N-methyl/N-ethyl adjacent to an activating group) is 1. The number of nitrogens with one attached hydrogen (secondary N) is 2. The second kappa shape index (κ2) is 10.7. The van der Waals surface area contributed by atoms with E-state index < -0.39 is 0 Å². The van der Waals surface area contributed by atoms with Crippen molar-refractivity contribution in [3.8, 4) is 0 Å². The molecule has 1 rings (SSSR count). The van der Waals surface area contributed by atoms with Crippen LogP contribution in [-0.4, -0.2) is 51.9 Å². The Morgan fingerprint density at radius 1 is 1.26 bits per heavy atom. The molecule has 1 unspecified atom stereocenters. The van der Waals surface area contributed by atoms with Crippen molar-refractivity contribution in [2.45, 2.75) is 32.4 Å². The monoisotopic (exact) mass is 434 g/mol. The normalized spacial score (nSPS) is 13.0. The highest BCUT2D eigenvalue weighted by atomic mass is 127. The molecule has 0 fully saturated rings. The van der Waals surface area contributed by atoms with Gasteiger partial charge in [-0.1, -0.05) is 18.2 Å². The van der Waals surface area contributed by atoms with Gasteiger partial charge >= 0.3 is 0 Å². The van der Waals surface area contributed by atoms with E-state index in [-0.39, 0.29) is 29.6 Å². The van der Waals surface area contributed by atoms with Crippen molar-refractivity contribution in [2.75, 3.05) is 39.2 Å². The first-order valence-electron chi connectivity index (χ1n) is 7.67. The quantitative estimate of drug-likeness (QED) is 0.394. The summed E-state index contributed by atoms with van der Waals surface area (Å²) < 4.78 is 5.40. The largest absolute Gasteiger partial charge is 0.377 e. The van der Waals surface area contributed by atoms with Gasteiger partial charge in [-0.25, -0.2) is 0 Å². The number of hydrogen-bond donors (Lipinski definition) is 2. The molecule has 0 aliphatic rings. The van der Waals surface area contributed by atoms with Crippen molar-refractivity contribution in [3.05, 3.63) is 30.3 Å². The molecule has 1 atom stereocenters. The third-order valence-electron chi connectivity index (χ3n) is 3.85. The topological polar surface area (TPSA) is 48.9 Å². The summed E-state index contributed by atoms with van der Waals surface area (Å²) in [5, 5.41) is 6.65. The van der Waals surface area contributed by atoms with Gasteiger partial charge in [0, 0.05) is 46.0 Å². The van der Waals surface area contributed by atoms with Crippen molar-refractivity contribution < 1.29 is 4.74 Å². The number of rotatable bonds is 7. The maximum Gasteiger partial charge on any atom is 0.191 e. The Hall–Kier alpha value is -1.02.